The third-order valence-corrected chi connectivity index (χ3v) is 4.25. The average molecular weight is 306 g/mol. The molecule has 0 aliphatic carbocycles. The van der Waals surface area contributed by atoms with Crippen LogP contribution in [-0.4, -0.2) is 42.3 Å². The van der Waals surface area contributed by atoms with E-state index in [1.165, 1.54) is 17.0 Å². The predicted molar refractivity (Wildman–Crippen MR) is 82.8 cm³/mol. The zero-order chi connectivity index (χ0) is 16.3. The fourth-order valence-corrected chi connectivity index (χ4v) is 2.88. The number of hydrogen-bond acceptors (Lipinski definition) is 2. The second-order valence-corrected chi connectivity index (χ2v) is 6.00. The Morgan fingerprint density at radius 3 is 2.73 bits per heavy atom. The topological polar surface area (TPSA) is 40.6 Å². The lowest BCUT2D eigenvalue weighted by Gasteiger charge is -2.35. The number of carbonyl (C=O) groups is 2. The van der Waals surface area contributed by atoms with E-state index in [1.807, 2.05) is 6.92 Å². The molecule has 22 heavy (non-hydrogen) atoms. The van der Waals surface area contributed by atoms with Crippen molar-refractivity contribution >= 4 is 11.8 Å². The minimum atomic E-state index is -0.267. The summed E-state index contributed by atoms with van der Waals surface area (Å²) in [5.74, 6) is -0.197. The zero-order valence-corrected chi connectivity index (χ0v) is 13.4. The van der Waals surface area contributed by atoms with Gasteiger partial charge in [0.15, 0.2) is 0 Å². The number of benzene rings is 1. The third-order valence-electron chi connectivity index (χ3n) is 4.25. The van der Waals surface area contributed by atoms with Gasteiger partial charge in [0.2, 0.25) is 11.8 Å². The number of fused-ring (bicyclic) bond motifs is 1. The highest BCUT2D eigenvalue weighted by atomic mass is 19.1. The molecule has 0 radical (unpaired) electrons. The third kappa shape index (κ3) is 3.64. The molecule has 0 bridgehead atoms. The summed E-state index contributed by atoms with van der Waals surface area (Å²) in [5, 5.41) is 0. The molecule has 0 N–H and O–H groups in total. The normalized spacial score (nSPS) is 17.1. The predicted octanol–water partition coefficient (Wildman–Crippen LogP) is 2.53. The second-order valence-electron chi connectivity index (χ2n) is 6.00. The van der Waals surface area contributed by atoms with E-state index < -0.39 is 0 Å². The van der Waals surface area contributed by atoms with Crippen LogP contribution in [0.1, 0.15) is 43.4 Å². The quantitative estimate of drug-likeness (QED) is 0.857. The summed E-state index contributed by atoms with van der Waals surface area (Å²) in [5.41, 5.74) is 2.00. The molecule has 1 aliphatic heterocycles. The maximum Gasteiger partial charge on any atom is 0.223 e. The number of amides is 2. The highest BCUT2D eigenvalue weighted by Crippen LogP contribution is 2.30. The zero-order valence-electron chi connectivity index (χ0n) is 13.4. The van der Waals surface area contributed by atoms with Gasteiger partial charge in [-0.25, -0.2) is 4.39 Å². The summed E-state index contributed by atoms with van der Waals surface area (Å²) in [7, 11) is 3.42. The Labute approximate surface area is 130 Å². The first-order chi connectivity index (χ1) is 10.4. The van der Waals surface area contributed by atoms with Gasteiger partial charge >= 0.3 is 0 Å². The monoisotopic (exact) mass is 306 g/mol. The van der Waals surface area contributed by atoms with Gasteiger partial charge < -0.3 is 9.80 Å². The van der Waals surface area contributed by atoms with Gasteiger partial charge in [0.05, 0.1) is 6.04 Å². The van der Waals surface area contributed by atoms with E-state index in [9.17, 15) is 14.0 Å². The summed E-state index contributed by atoms with van der Waals surface area (Å²) in [4.78, 5) is 27.2. The van der Waals surface area contributed by atoms with Crippen LogP contribution in [0, 0.1) is 5.82 Å². The van der Waals surface area contributed by atoms with Gasteiger partial charge in [-0.3, -0.25) is 9.59 Å². The molecule has 0 spiro atoms. The Balaban J connectivity index is 1.96. The molecule has 0 unspecified atom stereocenters. The lowest BCUT2D eigenvalue weighted by molar-refractivity contribution is -0.134. The number of rotatable bonds is 4. The second kappa shape index (κ2) is 6.90. The van der Waals surface area contributed by atoms with Crippen LogP contribution in [0.2, 0.25) is 0 Å². The molecule has 0 fully saturated rings. The van der Waals surface area contributed by atoms with E-state index in [2.05, 4.69) is 0 Å². The molecule has 1 aromatic rings. The van der Waals surface area contributed by atoms with Crippen molar-refractivity contribution < 1.29 is 14.0 Å². The van der Waals surface area contributed by atoms with Crippen molar-refractivity contribution in [2.75, 3.05) is 20.6 Å². The Morgan fingerprint density at radius 2 is 2.05 bits per heavy atom. The summed E-state index contributed by atoms with van der Waals surface area (Å²) in [6, 6.07) is 4.68. The molecule has 1 aromatic carbocycles. The van der Waals surface area contributed by atoms with Crippen LogP contribution in [-0.2, 0) is 16.0 Å². The Morgan fingerprint density at radius 1 is 1.32 bits per heavy atom. The average Bonchev–Trinajstić information content (AvgIpc) is 2.47. The van der Waals surface area contributed by atoms with Crippen molar-refractivity contribution in [3.05, 3.63) is 35.1 Å². The first-order valence-electron chi connectivity index (χ1n) is 7.68. The summed E-state index contributed by atoms with van der Waals surface area (Å²) < 4.78 is 13.4. The van der Waals surface area contributed by atoms with Crippen LogP contribution in [0.5, 0.6) is 0 Å². The molecule has 2 rings (SSSR count). The van der Waals surface area contributed by atoms with E-state index in [0.29, 0.717) is 25.8 Å². The van der Waals surface area contributed by atoms with Gasteiger partial charge in [-0.1, -0.05) is 6.07 Å². The van der Waals surface area contributed by atoms with Gasteiger partial charge in [0.1, 0.15) is 5.82 Å². The highest BCUT2D eigenvalue weighted by molar-refractivity contribution is 5.79. The van der Waals surface area contributed by atoms with Crippen LogP contribution in [0.25, 0.3) is 0 Å². The van der Waals surface area contributed by atoms with Crippen molar-refractivity contribution in [2.45, 2.75) is 38.6 Å². The lowest BCUT2D eigenvalue weighted by Crippen LogP contribution is -2.38. The fraction of sp³-hybridized carbons (Fsp3) is 0.529. The first kappa shape index (κ1) is 16.5. The fourth-order valence-electron chi connectivity index (χ4n) is 2.88. The van der Waals surface area contributed by atoms with Crippen molar-refractivity contribution in [3.63, 3.8) is 0 Å². The number of carbonyl (C=O) groups excluding carboxylic acids is 2. The SMILES string of the molecule is C[C@@H]1c2cc(F)ccc2CCN1C(=O)CCCC(=O)N(C)C. The van der Waals surface area contributed by atoms with E-state index in [4.69, 9.17) is 0 Å². The number of nitrogens with zero attached hydrogens (tertiary/aromatic N) is 2. The Bertz CT molecular complexity index is 572. The molecule has 0 saturated heterocycles. The molecule has 4 nitrogen and oxygen atoms in total. The minimum absolute atomic E-state index is 0.0342. The van der Waals surface area contributed by atoms with E-state index >= 15 is 0 Å². The maximum absolute atomic E-state index is 13.4. The molecule has 1 heterocycles. The van der Waals surface area contributed by atoms with Gasteiger partial charge in [-0.15, -0.1) is 0 Å². The van der Waals surface area contributed by atoms with Crippen LogP contribution in [0.4, 0.5) is 4.39 Å². The van der Waals surface area contributed by atoms with Crippen LogP contribution < -0.4 is 0 Å². The van der Waals surface area contributed by atoms with E-state index in [0.717, 1.165) is 17.5 Å². The van der Waals surface area contributed by atoms with Gasteiger partial charge in [-0.2, -0.15) is 0 Å². The molecule has 120 valence electrons. The van der Waals surface area contributed by atoms with Gasteiger partial charge in [-0.05, 0) is 43.0 Å². The maximum atomic E-state index is 13.4. The van der Waals surface area contributed by atoms with Crippen molar-refractivity contribution in [1.82, 2.24) is 9.80 Å². The smallest absolute Gasteiger partial charge is 0.223 e. The molecular formula is C17H23FN2O2. The van der Waals surface area contributed by atoms with Gasteiger partial charge in [0.25, 0.3) is 0 Å². The van der Waals surface area contributed by atoms with Gasteiger partial charge in [0, 0.05) is 33.5 Å². The van der Waals surface area contributed by atoms with Crippen molar-refractivity contribution in [3.8, 4) is 0 Å². The lowest BCUT2D eigenvalue weighted by atomic mass is 9.93. The van der Waals surface area contributed by atoms with E-state index in [1.54, 1.807) is 25.1 Å². The van der Waals surface area contributed by atoms with Crippen LogP contribution >= 0.6 is 0 Å². The number of hydrogen-bond donors (Lipinski definition) is 0. The van der Waals surface area contributed by atoms with Crippen LogP contribution in [0.3, 0.4) is 0 Å². The largest absolute Gasteiger partial charge is 0.349 e. The molecule has 5 heteroatoms. The van der Waals surface area contributed by atoms with Crippen molar-refractivity contribution in [2.24, 2.45) is 0 Å². The Hall–Kier alpha value is -1.91. The first-order valence-corrected chi connectivity index (χ1v) is 7.68. The van der Waals surface area contributed by atoms with Crippen LogP contribution in [0.15, 0.2) is 18.2 Å². The van der Waals surface area contributed by atoms with E-state index in [-0.39, 0.29) is 23.7 Å². The molecule has 1 atom stereocenters. The minimum Gasteiger partial charge on any atom is -0.349 e. The molecular weight excluding hydrogens is 283 g/mol. The molecule has 0 aromatic heterocycles. The molecule has 0 saturated carbocycles. The number of halogens is 1. The standard InChI is InChI=1S/C17H23FN2O2/c1-12-15-11-14(18)8-7-13(15)9-10-20(12)17(22)6-4-5-16(21)19(2)3/h7-8,11-12H,4-6,9-10H2,1-3H3/t12-/m1/s1. The summed E-state index contributed by atoms with van der Waals surface area (Å²) in [6.45, 7) is 2.58. The summed E-state index contributed by atoms with van der Waals surface area (Å²) in [6.07, 6.45) is 2.04. The molecule has 2 amide bonds. The molecule has 1 aliphatic rings. The van der Waals surface area contributed by atoms with Crippen molar-refractivity contribution in [1.29, 1.82) is 0 Å². The highest BCUT2D eigenvalue weighted by Gasteiger charge is 2.27. The summed E-state index contributed by atoms with van der Waals surface area (Å²) >= 11 is 0. The Kier molecular flexibility index (Phi) is 5.16.